The summed E-state index contributed by atoms with van der Waals surface area (Å²) in [4.78, 5) is 6.67. The normalized spacial score (nSPS) is 17.0. The number of nitrogens with one attached hydrogen (secondary N) is 2. The number of hydrogen-bond acceptors (Lipinski definition) is 3. The summed E-state index contributed by atoms with van der Waals surface area (Å²) in [7, 11) is 1.73. The maximum Gasteiger partial charge on any atom is 0.191 e. The third-order valence-electron chi connectivity index (χ3n) is 4.86. The van der Waals surface area contributed by atoms with Gasteiger partial charge in [0.05, 0.1) is 0 Å². The lowest BCUT2D eigenvalue weighted by molar-refractivity contribution is 0.431. The van der Waals surface area contributed by atoms with E-state index in [1.165, 1.54) is 23.4 Å². The van der Waals surface area contributed by atoms with Crippen LogP contribution in [-0.2, 0) is 6.54 Å². The minimum Gasteiger partial charge on any atom is -0.505 e. The molecule has 1 fully saturated rings. The second-order valence-corrected chi connectivity index (χ2v) is 6.98. The van der Waals surface area contributed by atoms with Gasteiger partial charge in [0, 0.05) is 38.4 Å². The summed E-state index contributed by atoms with van der Waals surface area (Å²) in [6.45, 7) is 4.50. The molecule has 1 saturated heterocycles. The molecule has 1 unspecified atom stereocenters. The van der Waals surface area contributed by atoms with Crippen LogP contribution in [0.15, 0.2) is 47.5 Å². The molecule has 3 rings (SSSR count). The van der Waals surface area contributed by atoms with Crippen molar-refractivity contribution in [2.75, 3.05) is 25.0 Å². The molecule has 0 aromatic heterocycles. The highest BCUT2D eigenvalue weighted by molar-refractivity contribution is 14.0. The number of hydrogen-bond donors (Lipinski definition) is 3. The van der Waals surface area contributed by atoms with Crippen molar-refractivity contribution in [1.29, 1.82) is 0 Å². The van der Waals surface area contributed by atoms with Gasteiger partial charge in [-0.1, -0.05) is 23.8 Å². The quantitative estimate of drug-likeness (QED) is 0.341. The van der Waals surface area contributed by atoms with Crippen molar-refractivity contribution in [2.24, 2.45) is 4.99 Å². The Balaban J connectivity index is 0.00000280. The molecular formula is C21H28FIN4O. The van der Waals surface area contributed by atoms with Crippen LogP contribution >= 0.6 is 24.0 Å². The first-order chi connectivity index (χ1) is 13.0. The smallest absolute Gasteiger partial charge is 0.191 e. The van der Waals surface area contributed by atoms with Crippen molar-refractivity contribution in [3.63, 3.8) is 0 Å². The van der Waals surface area contributed by atoms with Crippen LogP contribution in [0.3, 0.4) is 0 Å². The first-order valence-corrected chi connectivity index (χ1v) is 9.31. The first kappa shape index (κ1) is 22.3. The minimum atomic E-state index is -0.613. The molecule has 7 heteroatoms. The molecule has 1 aliphatic rings. The van der Waals surface area contributed by atoms with Gasteiger partial charge in [-0.15, -0.1) is 24.0 Å². The second-order valence-electron chi connectivity index (χ2n) is 6.98. The molecule has 0 aliphatic carbocycles. The summed E-state index contributed by atoms with van der Waals surface area (Å²) in [6.07, 6.45) is 2.20. The van der Waals surface area contributed by atoms with Gasteiger partial charge in [0.25, 0.3) is 0 Å². The van der Waals surface area contributed by atoms with Crippen molar-refractivity contribution < 1.29 is 9.50 Å². The second kappa shape index (κ2) is 10.5. The molecule has 28 heavy (non-hydrogen) atoms. The lowest BCUT2D eigenvalue weighted by Crippen LogP contribution is -2.51. The number of rotatable bonds is 4. The third-order valence-corrected chi connectivity index (χ3v) is 4.86. The zero-order valence-corrected chi connectivity index (χ0v) is 18.6. The first-order valence-electron chi connectivity index (χ1n) is 9.31. The number of piperidine rings is 1. The Morgan fingerprint density at radius 3 is 2.68 bits per heavy atom. The topological polar surface area (TPSA) is 59.9 Å². The monoisotopic (exact) mass is 498 g/mol. The van der Waals surface area contributed by atoms with Crippen LogP contribution in [0.1, 0.15) is 24.0 Å². The fourth-order valence-electron chi connectivity index (χ4n) is 3.32. The molecule has 0 bridgehead atoms. The van der Waals surface area contributed by atoms with Crippen LogP contribution in [0.5, 0.6) is 5.75 Å². The van der Waals surface area contributed by atoms with Gasteiger partial charge in [0.15, 0.2) is 17.5 Å². The fourth-order valence-corrected chi connectivity index (χ4v) is 3.32. The average Bonchev–Trinajstić information content (AvgIpc) is 2.68. The maximum atomic E-state index is 13.5. The molecule has 2 aromatic carbocycles. The van der Waals surface area contributed by atoms with Crippen molar-refractivity contribution in [2.45, 2.75) is 32.4 Å². The zero-order chi connectivity index (χ0) is 19.2. The number of aromatic hydroxyl groups is 1. The summed E-state index contributed by atoms with van der Waals surface area (Å²) in [5, 5.41) is 16.0. The lowest BCUT2D eigenvalue weighted by Gasteiger charge is -2.35. The standard InChI is InChI=1S/C21H27FN4O.HI/c1-15-5-8-18(9-6-15)26-11-3-4-17(14-26)25-21(23-2)24-13-16-7-10-20(27)19(22)12-16;/h5-10,12,17,27H,3-4,11,13-14H2,1-2H3,(H2,23,24,25);1H. The molecule has 1 aliphatic heterocycles. The van der Waals surface area contributed by atoms with Gasteiger partial charge in [-0.05, 0) is 49.6 Å². The van der Waals surface area contributed by atoms with Crippen LogP contribution < -0.4 is 15.5 Å². The summed E-state index contributed by atoms with van der Waals surface area (Å²) < 4.78 is 13.5. The Labute approximate surface area is 183 Å². The number of phenols is 1. The molecule has 0 radical (unpaired) electrons. The molecular weight excluding hydrogens is 470 g/mol. The molecule has 2 aromatic rings. The van der Waals surface area contributed by atoms with E-state index in [-0.39, 0.29) is 29.7 Å². The average molecular weight is 498 g/mol. The maximum absolute atomic E-state index is 13.5. The molecule has 0 amide bonds. The van der Waals surface area contributed by atoms with Crippen LogP contribution in [0, 0.1) is 12.7 Å². The SMILES string of the molecule is CN=C(NCc1ccc(O)c(F)c1)NC1CCCN(c2ccc(C)cc2)C1.I. The molecule has 5 nitrogen and oxygen atoms in total. The summed E-state index contributed by atoms with van der Waals surface area (Å²) in [6, 6.07) is 13.3. The minimum absolute atomic E-state index is 0. The van der Waals surface area contributed by atoms with Crippen LogP contribution in [0.25, 0.3) is 0 Å². The van der Waals surface area contributed by atoms with Gasteiger partial charge >= 0.3 is 0 Å². The van der Waals surface area contributed by atoms with Gasteiger partial charge in [0.1, 0.15) is 0 Å². The number of aliphatic imine (C=N–C) groups is 1. The van der Waals surface area contributed by atoms with E-state index in [2.05, 4.69) is 51.7 Å². The fraction of sp³-hybridized carbons (Fsp3) is 0.381. The summed E-state index contributed by atoms with van der Waals surface area (Å²) in [5.41, 5.74) is 3.26. The van der Waals surface area contributed by atoms with E-state index in [1.54, 1.807) is 13.1 Å². The van der Waals surface area contributed by atoms with E-state index in [4.69, 9.17) is 0 Å². The van der Waals surface area contributed by atoms with Crippen molar-refractivity contribution in [3.05, 3.63) is 59.4 Å². The lowest BCUT2D eigenvalue weighted by atomic mass is 10.0. The number of anilines is 1. The Morgan fingerprint density at radius 1 is 1.25 bits per heavy atom. The molecule has 1 atom stereocenters. The number of aryl methyl sites for hydroxylation is 1. The zero-order valence-electron chi connectivity index (χ0n) is 16.3. The summed E-state index contributed by atoms with van der Waals surface area (Å²) in [5.74, 6) is -0.253. The predicted octanol–water partition coefficient (Wildman–Crippen LogP) is 3.79. The summed E-state index contributed by atoms with van der Waals surface area (Å²) >= 11 is 0. The molecule has 0 spiro atoms. The Hall–Kier alpha value is -2.03. The molecule has 3 N–H and O–H groups in total. The van der Waals surface area contributed by atoms with Gasteiger partial charge in [-0.2, -0.15) is 0 Å². The van der Waals surface area contributed by atoms with Gasteiger partial charge in [0.2, 0.25) is 0 Å². The van der Waals surface area contributed by atoms with E-state index >= 15 is 0 Å². The predicted molar refractivity (Wildman–Crippen MR) is 123 cm³/mol. The van der Waals surface area contributed by atoms with Crippen LogP contribution in [0.2, 0.25) is 0 Å². The van der Waals surface area contributed by atoms with Gasteiger partial charge in [-0.3, -0.25) is 4.99 Å². The van der Waals surface area contributed by atoms with E-state index in [0.29, 0.717) is 18.5 Å². The van der Waals surface area contributed by atoms with Crippen molar-refractivity contribution in [1.82, 2.24) is 10.6 Å². The third kappa shape index (κ3) is 5.98. The number of guanidine groups is 1. The van der Waals surface area contributed by atoms with E-state index < -0.39 is 5.82 Å². The van der Waals surface area contributed by atoms with Crippen molar-refractivity contribution >= 4 is 35.6 Å². The Kier molecular flexibility index (Phi) is 8.35. The number of halogens is 2. The highest BCUT2D eigenvalue weighted by Crippen LogP contribution is 2.20. The number of phenolic OH excluding ortho intramolecular Hbond substituents is 1. The van der Waals surface area contributed by atoms with Crippen LogP contribution in [0.4, 0.5) is 10.1 Å². The van der Waals surface area contributed by atoms with E-state index in [9.17, 15) is 9.50 Å². The molecule has 0 saturated carbocycles. The van der Waals surface area contributed by atoms with Crippen molar-refractivity contribution in [3.8, 4) is 5.75 Å². The van der Waals surface area contributed by atoms with E-state index in [0.717, 1.165) is 31.5 Å². The van der Waals surface area contributed by atoms with Crippen LogP contribution in [-0.4, -0.2) is 37.2 Å². The largest absolute Gasteiger partial charge is 0.505 e. The number of benzene rings is 2. The van der Waals surface area contributed by atoms with Gasteiger partial charge in [-0.25, -0.2) is 4.39 Å². The molecule has 1 heterocycles. The Bertz CT molecular complexity index is 797. The molecule has 152 valence electrons. The van der Waals surface area contributed by atoms with Gasteiger partial charge < -0.3 is 20.6 Å². The van der Waals surface area contributed by atoms with E-state index in [1.807, 2.05) is 0 Å². The number of nitrogens with zero attached hydrogens (tertiary/aromatic N) is 2. The highest BCUT2D eigenvalue weighted by Gasteiger charge is 2.21. The highest BCUT2D eigenvalue weighted by atomic mass is 127. The Morgan fingerprint density at radius 2 is 2.00 bits per heavy atom.